The molecule has 0 aliphatic heterocycles. The van der Waals surface area contributed by atoms with Crippen LogP contribution in [0.25, 0.3) is 0 Å². The van der Waals surface area contributed by atoms with Crippen LogP contribution < -0.4 is 14.2 Å². The summed E-state index contributed by atoms with van der Waals surface area (Å²) in [6, 6.07) is 13.4. The van der Waals surface area contributed by atoms with Crippen molar-refractivity contribution in [1.29, 1.82) is 0 Å². The maximum Gasteiger partial charge on any atom is 0.323 e. The van der Waals surface area contributed by atoms with Crippen molar-refractivity contribution in [3.8, 4) is 17.2 Å². The van der Waals surface area contributed by atoms with Crippen molar-refractivity contribution in [3.05, 3.63) is 65.7 Å². The molecule has 0 N–H and O–H groups in total. The number of methoxy groups -OCH3 is 5. The van der Waals surface area contributed by atoms with Gasteiger partial charge in [0.1, 0.15) is 17.2 Å². The Hall–Kier alpha value is -3.48. The van der Waals surface area contributed by atoms with Gasteiger partial charge in [-0.2, -0.15) is 0 Å². The van der Waals surface area contributed by atoms with Crippen LogP contribution in [0.1, 0.15) is 29.9 Å². The first-order valence-electron chi connectivity index (χ1n) is 10.6. The van der Waals surface area contributed by atoms with Gasteiger partial charge in [0.2, 0.25) is 0 Å². The lowest BCUT2D eigenvalue weighted by atomic mass is 9.75. The fraction of sp³-hybridized carbons (Fsp3) is 0.385. The number of hydrogen-bond acceptors (Lipinski definition) is 7. The van der Waals surface area contributed by atoms with E-state index in [1.165, 1.54) is 14.2 Å². The zero-order valence-corrected chi connectivity index (χ0v) is 19.7. The lowest BCUT2D eigenvalue weighted by Gasteiger charge is -2.30. The smallest absolute Gasteiger partial charge is 0.323 e. The minimum Gasteiger partial charge on any atom is -0.496 e. The van der Waals surface area contributed by atoms with Crippen LogP contribution in [0.3, 0.4) is 0 Å². The van der Waals surface area contributed by atoms with Gasteiger partial charge < -0.3 is 23.7 Å². The number of carbonyl (C=O) groups excluding carboxylic acids is 2. The molecule has 2 aromatic rings. The minimum absolute atomic E-state index is 0.140. The molecule has 1 fully saturated rings. The van der Waals surface area contributed by atoms with Gasteiger partial charge in [-0.3, -0.25) is 9.59 Å². The number of hydrogen-bond donors (Lipinski definition) is 0. The molecule has 0 amide bonds. The highest BCUT2D eigenvalue weighted by molar-refractivity contribution is 6.01. The summed E-state index contributed by atoms with van der Waals surface area (Å²) in [5.41, 5.74) is 1.05. The monoisotopic (exact) mass is 454 g/mol. The molecule has 7 nitrogen and oxygen atoms in total. The Morgan fingerprint density at radius 3 is 1.91 bits per heavy atom. The Bertz CT molecular complexity index is 987. The molecular weight excluding hydrogens is 424 g/mol. The Balaban J connectivity index is 2.24. The van der Waals surface area contributed by atoms with Crippen LogP contribution in [-0.4, -0.2) is 47.5 Å². The van der Waals surface area contributed by atoms with E-state index in [-0.39, 0.29) is 24.7 Å². The van der Waals surface area contributed by atoms with E-state index in [1.54, 1.807) is 33.5 Å². The highest BCUT2D eigenvalue weighted by Gasteiger charge is 2.57. The zero-order valence-electron chi connectivity index (χ0n) is 19.7. The standard InChI is InChI=1S/C26H30O7/c1-16-14-26(24(27)32-5,25(28)33-6)15-19(16)22(17-10-8-7-9-11-17)23-20(30-3)12-18(29-2)13-21(23)31-4/h7-13,19,22H,1,14-15H2,2-6H3/t19-,22-/m1/s1. The van der Waals surface area contributed by atoms with Gasteiger partial charge in [0.05, 0.1) is 35.5 Å². The Kier molecular flexibility index (Phi) is 7.31. The summed E-state index contributed by atoms with van der Waals surface area (Å²) in [4.78, 5) is 25.6. The number of ether oxygens (including phenoxy) is 5. The van der Waals surface area contributed by atoms with Gasteiger partial charge >= 0.3 is 11.9 Å². The largest absolute Gasteiger partial charge is 0.496 e. The SMILES string of the molecule is C=C1CC(C(=O)OC)(C(=O)OC)C[C@H]1[C@@H](c1ccccc1)c1c(OC)cc(OC)cc1OC. The number of esters is 2. The molecule has 0 aromatic heterocycles. The zero-order chi connectivity index (χ0) is 24.2. The third-order valence-corrected chi connectivity index (χ3v) is 6.40. The summed E-state index contributed by atoms with van der Waals surface area (Å²) >= 11 is 0. The molecule has 0 saturated heterocycles. The van der Waals surface area contributed by atoms with E-state index in [1.807, 2.05) is 30.3 Å². The molecule has 0 unspecified atom stereocenters. The van der Waals surface area contributed by atoms with E-state index >= 15 is 0 Å². The normalized spacial score (nSPS) is 17.7. The third-order valence-electron chi connectivity index (χ3n) is 6.40. The molecule has 0 heterocycles. The van der Waals surface area contributed by atoms with Crippen molar-refractivity contribution in [3.63, 3.8) is 0 Å². The Labute approximate surface area is 194 Å². The second-order valence-electron chi connectivity index (χ2n) is 8.04. The van der Waals surface area contributed by atoms with Gasteiger partial charge in [-0.15, -0.1) is 0 Å². The molecule has 2 atom stereocenters. The second kappa shape index (κ2) is 9.98. The fourth-order valence-electron chi connectivity index (χ4n) is 4.85. The Morgan fingerprint density at radius 1 is 0.909 bits per heavy atom. The van der Waals surface area contributed by atoms with Gasteiger partial charge in [-0.25, -0.2) is 0 Å². The molecule has 0 radical (unpaired) electrons. The van der Waals surface area contributed by atoms with E-state index in [0.29, 0.717) is 17.2 Å². The number of carbonyl (C=O) groups is 2. The molecule has 1 aliphatic rings. The fourth-order valence-corrected chi connectivity index (χ4v) is 4.85. The molecule has 7 heteroatoms. The van der Waals surface area contributed by atoms with E-state index < -0.39 is 17.4 Å². The predicted molar refractivity (Wildman–Crippen MR) is 123 cm³/mol. The van der Waals surface area contributed by atoms with Gasteiger partial charge in [0.15, 0.2) is 5.41 Å². The predicted octanol–water partition coefficient (Wildman–Crippen LogP) is 4.14. The first kappa shape index (κ1) is 24.2. The van der Waals surface area contributed by atoms with E-state index in [0.717, 1.165) is 16.7 Å². The maximum absolute atomic E-state index is 12.8. The Morgan fingerprint density at radius 2 is 1.45 bits per heavy atom. The summed E-state index contributed by atoms with van der Waals surface area (Å²) in [6.45, 7) is 4.26. The van der Waals surface area contributed by atoms with Gasteiger partial charge in [-0.05, 0) is 24.3 Å². The first-order valence-corrected chi connectivity index (χ1v) is 10.6. The average molecular weight is 455 g/mol. The van der Waals surface area contributed by atoms with Gasteiger partial charge in [-0.1, -0.05) is 42.5 Å². The lowest BCUT2D eigenvalue weighted by Crippen LogP contribution is -2.39. The van der Waals surface area contributed by atoms with E-state index in [2.05, 4.69) is 6.58 Å². The van der Waals surface area contributed by atoms with Crippen LogP contribution in [-0.2, 0) is 19.1 Å². The van der Waals surface area contributed by atoms with Crippen molar-refractivity contribution in [2.45, 2.75) is 18.8 Å². The molecule has 0 bridgehead atoms. The molecule has 1 saturated carbocycles. The molecule has 1 aliphatic carbocycles. The maximum atomic E-state index is 12.8. The van der Waals surface area contributed by atoms with Crippen molar-refractivity contribution in [2.24, 2.45) is 11.3 Å². The lowest BCUT2D eigenvalue weighted by molar-refractivity contribution is -0.168. The first-order chi connectivity index (χ1) is 15.9. The molecule has 176 valence electrons. The minimum atomic E-state index is -1.45. The van der Waals surface area contributed by atoms with Crippen LogP contribution in [0, 0.1) is 11.3 Å². The van der Waals surface area contributed by atoms with Crippen LogP contribution in [0.4, 0.5) is 0 Å². The van der Waals surface area contributed by atoms with Gasteiger partial charge in [0.25, 0.3) is 0 Å². The van der Waals surface area contributed by atoms with Crippen molar-refractivity contribution < 1.29 is 33.3 Å². The average Bonchev–Trinajstić information content (AvgIpc) is 3.21. The van der Waals surface area contributed by atoms with Gasteiger partial charge in [0, 0.05) is 23.6 Å². The van der Waals surface area contributed by atoms with Crippen LogP contribution in [0.15, 0.2) is 54.6 Å². The molecule has 0 spiro atoms. The highest BCUT2D eigenvalue weighted by atomic mass is 16.5. The van der Waals surface area contributed by atoms with Crippen LogP contribution >= 0.6 is 0 Å². The topological polar surface area (TPSA) is 80.3 Å². The highest BCUT2D eigenvalue weighted by Crippen LogP contribution is 2.56. The second-order valence-corrected chi connectivity index (χ2v) is 8.04. The molecule has 3 rings (SSSR count). The summed E-state index contributed by atoms with van der Waals surface area (Å²) < 4.78 is 26.9. The summed E-state index contributed by atoms with van der Waals surface area (Å²) in [7, 11) is 7.27. The van der Waals surface area contributed by atoms with E-state index in [9.17, 15) is 9.59 Å². The quantitative estimate of drug-likeness (QED) is 0.337. The molecule has 33 heavy (non-hydrogen) atoms. The summed E-state index contributed by atoms with van der Waals surface area (Å²) in [5.74, 6) is -0.129. The third kappa shape index (κ3) is 4.27. The van der Waals surface area contributed by atoms with Crippen LogP contribution in [0.2, 0.25) is 0 Å². The summed E-state index contributed by atoms with van der Waals surface area (Å²) in [5, 5.41) is 0. The molecular formula is C26H30O7. The van der Waals surface area contributed by atoms with Crippen molar-refractivity contribution in [2.75, 3.05) is 35.5 Å². The van der Waals surface area contributed by atoms with Crippen molar-refractivity contribution in [1.82, 2.24) is 0 Å². The summed E-state index contributed by atoms with van der Waals surface area (Å²) in [6.07, 6.45) is 0.324. The van der Waals surface area contributed by atoms with Crippen LogP contribution in [0.5, 0.6) is 17.2 Å². The number of rotatable bonds is 8. The number of allylic oxidation sites excluding steroid dienone is 1. The van der Waals surface area contributed by atoms with E-state index in [4.69, 9.17) is 23.7 Å². The van der Waals surface area contributed by atoms with Crippen molar-refractivity contribution >= 4 is 11.9 Å². The number of benzene rings is 2. The molecule has 2 aromatic carbocycles.